The summed E-state index contributed by atoms with van der Waals surface area (Å²) in [5, 5.41) is 10.1. The molecule has 1 aromatic rings. The monoisotopic (exact) mass is 324 g/mol. The van der Waals surface area contributed by atoms with Gasteiger partial charge < -0.3 is 9.84 Å². The summed E-state index contributed by atoms with van der Waals surface area (Å²) in [5.41, 5.74) is -0.338. The van der Waals surface area contributed by atoms with E-state index in [2.05, 4.69) is 21.5 Å². The summed E-state index contributed by atoms with van der Waals surface area (Å²) in [5.74, 6) is -0.191. The van der Waals surface area contributed by atoms with E-state index in [9.17, 15) is 9.90 Å². The van der Waals surface area contributed by atoms with E-state index < -0.39 is 5.56 Å². The van der Waals surface area contributed by atoms with Gasteiger partial charge in [0.1, 0.15) is 5.56 Å². The van der Waals surface area contributed by atoms with Gasteiger partial charge in [-0.2, -0.15) is 0 Å². The molecule has 1 saturated heterocycles. The summed E-state index contributed by atoms with van der Waals surface area (Å²) < 4.78 is 6.83. The van der Waals surface area contributed by atoms with Gasteiger partial charge in [-0.05, 0) is 12.2 Å². The van der Waals surface area contributed by atoms with E-state index in [4.69, 9.17) is 17.0 Å². The number of morpholine rings is 1. The average molecular weight is 324 g/mol. The third-order valence-corrected chi connectivity index (χ3v) is 3.71. The Bertz CT molecular complexity index is 659. The highest BCUT2D eigenvalue weighted by molar-refractivity contribution is 7.71. The van der Waals surface area contributed by atoms with Gasteiger partial charge in [0.25, 0.3) is 5.56 Å². The number of nitrogens with zero attached hydrogens (tertiary/aromatic N) is 3. The molecule has 0 bridgehead atoms. The average Bonchev–Trinajstić information content (AvgIpc) is 2.51. The Labute approximate surface area is 133 Å². The number of H-pyrrole nitrogens is 1. The SMILES string of the molecule is C=CCn1c(O)c(C=NCCN2CCOCC2)c(=O)[nH]c1=S. The molecule has 0 unspecified atom stereocenters. The number of ether oxygens (including phenoxy) is 1. The Morgan fingerprint density at radius 2 is 2.18 bits per heavy atom. The standard InChI is InChI=1S/C14H20N4O3S/c1-2-4-18-13(20)11(12(19)16-14(18)22)10-15-3-5-17-6-8-21-9-7-17/h2,10,20H,1,3-9H2,(H,16,19,22). The minimum Gasteiger partial charge on any atom is -0.494 e. The Hall–Kier alpha value is -1.77. The van der Waals surface area contributed by atoms with Crippen LogP contribution < -0.4 is 5.56 Å². The molecule has 0 aromatic carbocycles. The van der Waals surface area contributed by atoms with Crippen molar-refractivity contribution in [3.8, 4) is 5.88 Å². The van der Waals surface area contributed by atoms with E-state index in [-0.39, 0.29) is 16.2 Å². The minimum atomic E-state index is -0.446. The fourth-order valence-corrected chi connectivity index (χ4v) is 2.42. The lowest BCUT2D eigenvalue weighted by molar-refractivity contribution is 0.0395. The van der Waals surface area contributed by atoms with Crippen molar-refractivity contribution in [1.29, 1.82) is 0 Å². The van der Waals surface area contributed by atoms with Crippen LogP contribution >= 0.6 is 12.2 Å². The molecule has 0 saturated carbocycles. The fraction of sp³-hybridized carbons (Fsp3) is 0.500. The Kier molecular flexibility index (Phi) is 6.05. The molecule has 120 valence electrons. The third-order valence-electron chi connectivity index (χ3n) is 3.39. The van der Waals surface area contributed by atoms with E-state index >= 15 is 0 Å². The summed E-state index contributed by atoms with van der Waals surface area (Å²) in [6.07, 6.45) is 2.98. The molecule has 0 radical (unpaired) electrons. The van der Waals surface area contributed by atoms with E-state index in [1.165, 1.54) is 10.8 Å². The topological polar surface area (TPSA) is 82.8 Å². The number of rotatable bonds is 6. The first kappa shape index (κ1) is 16.6. The smallest absolute Gasteiger partial charge is 0.264 e. The molecular weight excluding hydrogens is 304 g/mol. The second-order valence-corrected chi connectivity index (χ2v) is 5.27. The largest absolute Gasteiger partial charge is 0.494 e. The zero-order valence-corrected chi connectivity index (χ0v) is 13.1. The van der Waals surface area contributed by atoms with Crippen molar-refractivity contribution in [2.45, 2.75) is 6.54 Å². The lowest BCUT2D eigenvalue weighted by Gasteiger charge is -2.25. The van der Waals surface area contributed by atoms with Gasteiger partial charge in [-0.15, -0.1) is 6.58 Å². The van der Waals surface area contributed by atoms with Gasteiger partial charge in [0, 0.05) is 32.4 Å². The summed E-state index contributed by atoms with van der Waals surface area (Å²) >= 11 is 5.01. The zero-order chi connectivity index (χ0) is 15.9. The van der Waals surface area contributed by atoms with Crippen LogP contribution in [-0.2, 0) is 11.3 Å². The molecule has 0 amide bonds. The van der Waals surface area contributed by atoms with Crippen molar-refractivity contribution < 1.29 is 9.84 Å². The van der Waals surface area contributed by atoms with Gasteiger partial charge >= 0.3 is 0 Å². The first-order valence-corrected chi connectivity index (χ1v) is 7.51. The molecule has 2 rings (SSSR count). The number of nitrogens with one attached hydrogen (secondary N) is 1. The quantitative estimate of drug-likeness (QED) is 0.454. The summed E-state index contributed by atoms with van der Waals surface area (Å²) in [6.45, 7) is 8.53. The molecule has 1 aliphatic heterocycles. The Morgan fingerprint density at radius 1 is 1.45 bits per heavy atom. The molecule has 0 atom stereocenters. The number of hydrogen-bond acceptors (Lipinski definition) is 6. The summed E-state index contributed by atoms with van der Waals surface area (Å²) in [4.78, 5) is 20.9. The van der Waals surface area contributed by atoms with Gasteiger partial charge in [-0.1, -0.05) is 6.08 Å². The number of aromatic amines is 1. The molecule has 1 aromatic heterocycles. The van der Waals surface area contributed by atoms with Gasteiger partial charge in [-0.3, -0.25) is 24.2 Å². The second-order valence-electron chi connectivity index (χ2n) is 4.89. The number of hydrogen-bond donors (Lipinski definition) is 2. The number of aliphatic imine (C=N–C) groups is 1. The van der Waals surface area contributed by atoms with E-state index in [0.29, 0.717) is 13.1 Å². The molecule has 2 heterocycles. The predicted molar refractivity (Wildman–Crippen MR) is 87.5 cm³/mol. The highest BCUT2D eigenvalue weighted by atomic mass is 32.1. The number of allylic oxidation sites excluding steroid dienone is 1. The lowest BCUT2D eigenvalue weighted by atomic mass is 10.3. The highest BCUT2D eigenvalue weighted by Crippen LogP contribution is 2.11. The molecule has 2 N–H and O–H groups in total. The summed E-state index contributed by atoms with van der Waals surface area (Å²) in [7, 11) is 0. The van der Waals surface area contributed by atoms with Crippen LogP contribution in [0, 0.1) is 4.77 Å². The molecule has 0 spiro atoms. The first-order valence-electron chi connectivity index (χ1n) is 7.10. The summed E-state index contributed by atoms with van der Waals surface area (Å²) in [6, 6.07) is 0. The van der Waals surface area contributed by atoms with Crippen LogP contribution in [0.4, 0.5) is 0 Å². The van der Waals surface area contributed by atoms with Crippen LogP contribution in [0.25, 0.3) is 0 Å². The van der Waals surface area contributed by atoms with Gasteiger partial charge in [-0.25, -0.2) is 0 Å². The molecular formula is C14H20N4O3S. The maximum atomic E-state index is 11.9. The maximum Gasteiger partial charge on any atom is 0.264 e. The fourth-order valence-electron chi connectivity index (χ4n) is 2.17. The van der Waals surface area contributed by atoms with Crippen LogP contribution in [0.2, 0.25) is 0 Å². The van der Waals surface area contributed by atoms with Crippen molar-refractivity contribution in [1.82, 2.24) is 14.5 Å². The van der Waals surface area contributed by atoms with Crippen LogP contribution in [0.5, 0.6) is 5.88 Å². The van der Waals surface area contributed by atoms with E-state index in [1.807, 2.05) is 0 Å². The van der Waals surface area contributed by atoms with Crippen molar-refractivity contribution in [3.63, 3.8) is 0 Å². The molecule has 0 aliphatic carbocycles. The predicted octanol–water partition coefficient (Wildman–Crippen LogP) is 0.549. The molecule has 8 heteroatoms. The maximum absolute atomic E-state index is 11.9. The third kappa shape index (κ3) is 4.12. The first-order chi connectivity index (χ1) is 10.6. The second kappa shape index (κ2) is 8.02. The van der Waals surface area contributed by atoms with Gasteiger partial charge in [0.05, 0.1) is 19.8 Å². The molecule has 22 heavy (non-hydrogen) atoms. The normalized spacial score (nSPS) is 16.2. The lowest BCUT2D eigenvalue weighted by Crippen LogP contribution is -2.37. The minimum absolute atomic E-state index is 0.109. The van der Waals surface area contributed by atoms with Crippen molar-refractivity contribution in [2.24, 2.45) is 4.99 Å². The van der Waals surface area contributed by atoms with Crippen molar-refractivity contribution in [3.05, 3.63) is 33.3 Å². The molecule has 1 aliphatic rings. The van der Waals surface area contributed by atoms with E-state index in [0.717, 1.165) is 32.8 Å². The van der Waals surface area contributed by atoms with Crippen LogP contribution in [-0.4, -0.2) is 65.2 Å². The van der Waals surface area contributed by atoms with E-state index in [1.54, 1.807) is 6.08 Å². The van der Waals surface area contributed by atoms with Crippen LogP contribution in [0.1, 0.15) is 5.56 Å². The van der Waals surface area contributed by atoms with Crippen molar-refractivity contribution >= 4 is 18.4 Å². The number of aromatic hydroxyl groups is 1. The highest BCUT2D eigenvalue weighted by Gasteiger charge is 2.11. The van der Waals surface area contributed by atoms with Gasteiger partial charge in [0.2, 0.25) is 5.88 Å². The number of aromatic nitrogens is 2. The Balaban J connectivity index is 2.06. The molecule has 7 nitrogen and oxygen atoms in total. The zero-order valence-electron chi connectivity index (χ0n) is 12.3. The van der Waals surface area contributed by atoms with Crippen molar-refractivity contribution in [2.75, 3.05) is 39.4 Å². The van der Waals surface area contributed by atoms with Crippen LogP contribution in [0.3, 0.4) is 0 Å². The Morgan fingerprint density at radius 3 is 2.86 bits per heavy atom. The molecule has 1 fully saturated rings. The van der Waals surface area contributed by atoms with Crippen LogP contribution in [0.15, 0.2) is 22.4 Å². The van der Waals surface area contributed by atoms with Gasteiger partial charge in [0.15, 0.2) is 4.77 Å².